The zero-order valence-corrected chi connectivity index (χ0v) is 31.5. The molecule has 14 nitrogen and oxygen atoms in total. The normalized spacial score (nSPS) is 43.1. The third kappa shape index (κ3) is 4.74. The zero-order chi connectivity index (χ0) is 39.4. The van der Waals surface area contributed by atoms with E-state index in [4.69, 9.17) is 23.7 Å². The van der Waals surface area contributed by atoms with E-state index in [0.29, 0.717) is 6.42 Å². The second-order valence-corrected chi connectivity index (χ2v) is 17.0. The predicted molar refractivity (Wildman–Crippen MR) is 186 cm³/mol. The summed E-state index contributed by atoms with van der Waals surface area (Å²) in [4.78, 5) is 82.4. The highest BCUT2D eigenvalue weighted by molar-refractivity contribution is 5.89. The van der Waals surface area contributed by atoms with Crippen molar-refractivity contribution in [2.24, 2.45) is 45.8 Å². The number of fused-ring (bicyclic) bond motifs is 1. The molecule has 0 amide bonds. The van der Waals surface area contributed by atoms with Crippen LogP contribution in [0.1, 0.15) is 64.7 Å². The monoisotopic (exact) mass is 751 g/mol. The predicted octanol–water partition coefficient (Wildman–Crippen LogP) is 2.03. The van der Waals surface area contributed by atoms with Crippen molar-refractivity contribution in [3.8, 4) is 0 Å². The first-order chi connectivity index (χ1) is 25.4. The van der Waals surface area contributed by atoms with E-state index in [1.807, 2.05) is 11.8 Å². The number of piperidine rings is 1. The van der Waals surface area contributed by atoms with Gasteiger partial charge in [-0.05, 0) is 45.0 Å². The van der Waals surface area contributed by atoms with Crippen molar-refractivity contribution in [1.29, 1.82) is 0 Å². The Bertz CT molecular complexity index is 1780. The molecule has 54 heavy (non-hydrogen) atoms. The summed E-state index contributed by atoms with van der Waals surface area (Å²) >= 11 is 0. The maximum Gasteiger partial charge on any atom is 0.338 e. The molecule has 7 bridgehead atoms. The molecule has 1 unspecified atom stereocenters. The fourth-order valence-electron chi connectivity index (χ4n) is 12.3. The second-order valence-electron chi connectivity index (χ2n) is 17.0. The van der Waals surface area contributed by atoms with Crippen LogP contribution in [0, 0.1) is 45.8 Å². The van der Waals surface area contributed by atoms with E-state index in [1.165, 1.54) is 20.8 Å². The number of carbonyl (C=O) groups is 6. The average molecular weight is 752 g/mol. The number of ether oxygens (including phenoxy) is 5. The summed E-state index contributed by atoms with van der Waals surface area (Å²) in [5.74, 6) is -7.28. The average Bonchev–Trinajstić information content (AvgIpc) is 3.45. The number of carbonyl (C=O) groups excluding carboxylic acids is 6. The van der Waals surface area contributed by atoms with Gasteiger partial charge in [0, 0.05) is 54.0 Å². The number of nitrogens with zero attached hydrogens (tertiary/aromatic N) is 1. The molecule has 6 saturated carbocycles. The second kappa shape index (κ2) is 12.7. The molecule has 6 aliphatic carbocycles. The molecule has 0 aromatic heterocycles. The quantitative estimate of drug-likeness (QED) is 0.144. The van der Waals surface area contributed by atoms with Gasteiger partial charge in [-0.25, -0.2) is 9.59 Å². The van der Waals surface area contributed by atoms with E-state index < -0.39 is 124 Å². The smallest absolute Gasteiger partial charge is 0.338 e. The first-order valence-electron chi connectivity index (χ1n) is 18.6. The topological polar surface area (TPSA) is 192 Å². The minimum Gasteiger partial charge on any atom is -0.463 e. The standard InChI is InChI=1S/C40H49NO13/c1-9-18(2)34(46)54-32-19(3)23-26(53-36(48)37(5,6)49)24-30-40-28(25(41(30)8)31(45)39(24,32)29(40)27(23)50-17-43)38(7,16-42)15-22(33(40)51-20(4)44)52-35(47)21-13-11-10-12-14-21/h10-14,16-18,22-33,45,49H,3,9,15H2,1-2,4-8H3/t18?,22-,23-,24+,25+,26-,27+,28+,29+,30+,31-,32+,33+,38-,39+,40+/m0/s1. The van der Waals surface area contributed by atoms with Crippen LogP contribution in [-0.4, -0.2) is 113 Å². The Morgan fingerprint density at radius 3 is 2.28 bits per heavy atom. The summed E-state index contributed by atoms with van der Waals surface area (Å²) in [5, 5.41) is 23.8. The summed E-state index contributed by atoms with van der Waals surface area (Å²) in [6, 6.07) is 6.59. The highest BCUT2D eigenvalue weighted by Gasteiger charge is 2.96. The van der Waals surface area contributed by atoms with Gasteiger partial charge in [0.2, 0.25) is 0 Å². The molecule has 2 N–H and O–H groups in total. The maximum atomic E-state index is 13.8. The van der Waals surface area contributed by atoms with Crippen molar-refractivity contribution in [2.45, 2.75) is 109 Å². The van der Waals surface area contributed by atoms with Crippen LogP contribution < -0.4 is 0 Å². The summed E-state index contributed by atoms with van der Waals surface area (Å²) in [7, 11) is 1.76. The zero-order valence-electron chi connectivity index (χ0n) is 31.5. The lowest BCUT2D eigenvalue weighted by molar-refractivity contribution is -0.312. The molecule has 2 aliphatic heterocycles. The Kier molecular flexibility index (Phi) is 8.97. The number of benzene rings is 1. The Hall–Kier alpha value is -4.14. The SMILES string of the molecule is C=C1[C@@H]2[C@@H](OC=O)[C@@H]3[C@@]4([C@H]([C@H]2OC(=O)C(C)(C)O)[C@H]2N(C)[C@@H]([C@@H]4O)[C@H]4[C@@]32[C@H](OC(C)=O)[C@@H](OC(=O)c2ccccc2)C[C@@]4(C)C=O)[C@@H]1OC(=O)C(C)CC. The lowest BCUT2D eigenvalue weighted by Crippen LogP contribution is -2.81. The van der Waals surface area contributed by atoms with Gasteiger partial charge in [-0.3, -0.25) is 19.3 Å². The first-order valence-corrected chi connectivity index (χ1v) is 18.6. The molecule has 16 atom stereocenters. The van der Waals surface area contributed by atoms with Crippen LogP contribution in [0.2, 0.25) is 0 Å². The third-order valence-electron chi connectivity index (χ3n) is 14.0. The van der Waals surface area contributed by atoms with Crippen molar-refractivity contribution in [2.75, 3.05) is 7.05 Å². The largest absolute Gasteiger partial charge is 0.463 e. The van der Waals surface area contributed by atoms with Crippen molar-refractivity contribution in [1.82, 2.24) is 4.90 Å². The summed E-state index contributed by atoms with van der Waals surface area (Å²) < 4.78 is 31.1. The van der Waals surface area contributed by atoms with Gasteiger partial charge in [-0.15, -0.1) is 0 Å². The number of esters is 4. The van der Waals surface area contributed by atoms with Gasteiger partial charge < -0.3 is 38.7 Å². The molecule has 2 heterocycles. The molecule has 1 aromatic carbocycles. The van der Waals surface area contributed by atoms with E-state index in [0.717, 1.165) is 6.29 Å². The number of likely N-dealkylation sites (N-methyl/N-ethyl adjacent to an activating group) is 1. The van der Waals surface area contributed by atoms with Crippen molar-refractivity contribution in [3.05, 3.63) is 48.0 Å². The molecule has 2 saturated heterocycles. The molecule has 8 fully saturated rings. The lowest BCUT2D eigenvalue weighted by Gasteiger charge is -2.71. The minimum atomic E-state index is -1.96. The third-order valence-corrected chi connectivity index (χ3v) is 14.0. The first kappa shape index (κ1) is 38.1. The Balaban J connectivity index is 1.52. The van der Waals surface area contributed by atoms with E-state index in [2.05, 4.69) is 6.58 Å². The number of aliphatic hydroxyl groups is 2. The number of aliphatic hydroxyl groups excluding tert-OH is 1. The van der Waals surface area contributed by atoms with Crippen LogP contribution >= 0.6 is 0 Å². The van der Waals surface area contributed by atoms with E-state index in [9.17, 15) is 39.0 Å². The van der Waals surface area contributed by atoms with Gasteiger partial charge in [0.1, 0.15) is 36.8 Å². The molecule has 1 aromatic rings. The van der Waals surface area contributed by atoms with Crippen LogP contribution in [0.25, 0.3) is 0 Å². The van der Waals surface area contributed by atoms with E-state index in [1.54, 1.807) is 51.2 Å². The van der Waals surface area contributed by atoms with Gasteiger partial charge in [-0.1, -0.05) is 45.5 Å². The lowest BCUT2D eigenvalue weighted by atomic mass is 9.37. The van der Waals surface area contributed by atoms with Crippen molar-refractivity contribution in [3.63, 3.8) is 0 Å². The van der Waals surface area contributed by atoms with Crippen LogP contribution in [0.5, 0.6) is 0 Å². The fraction of sp³-hybridized carbons (Fsp3) is 0.650. The molecule has 8 aliphatic rings. The molecule has 2 spiro atoms. The number of hydrogen-bond acceptors (Lipinski definition) is 14. The van der Waals surface area contributed by atoms with Gasteiger partial charge in [0.05, 0.1) is 28.9 Å². The van der Waals surface area contributed by atoms with Crippen LogP contribution in [0.4, 0.5) is 0 Å². The fourth-order valence-corrected chi connectivity index (χ4v) is 12.3. The Morgan fingerprint density at radius 1 is 1.04 bits per heavy atom. The van der Waals surface area contributed by atoms with Crippen LogP contribution in [0.15, 0.2) is 42.5 Å². The van der Waals surface area contributed by atoms with E-state index >= 15 is 0 Å². The number of hydrogen-bond donors (Lipinski definition) is 2. The summed E-state index contributed by atoms with van der Waals surface area (Å²) in [5.41, 5.74) is -5.83. The minimum absolute atomic E-state index is 0.0769. The molecule has 14 heteroatoms. The van der Waals surface area contributed by atoms with Gasteiger partial charge in [0.15, 0.2) is 5.60 Å². The molecule has 9 rings (SSSR count). The maximum absolute atomic E-state index is 13.8. The number of rotatable bonds is 11. The summed E-state index contributed by atoms with van der Waals surface area (Å²) in [6.45, 7) is 13.6. The van der Waals surface area contributed by atoms with Gasteiger partial charge in [-0.2, -0.15) is 0 Å². The molecule has 0 radical (unpaired) electrons. The Labute approximate surface area is 313 Å². The molecule has 292 valence electrons. The summed E-state index contributed by atoms with van der Waals surface area (Å²) in [6.07, 6.45) is -6.36. The van der Waals surface area contributed by atoms with Gasteiger partial charge >= 0.3 is 23.9 Å². The van der Waals surface area contributed by atoms with Crippen molar-refractivity contribution < 1.29 is 62.7 Å². The highest BCUT2D eigenvalue weighted by atomic mass is 16.6. The number of aldehydes is 1. The molecular formula is C40H49NO13. The Morgan fingerprint density at radius 2 is 1.70 bits per heavy atom. The van der Waals surface area contributed by atoms with Crippen molar-refractivity contribution >= 4 is 36.6 Å². The highest BCUT2D eigenvalue weighted by Crippen LogP contribution is 2.85. The van der Waals surface area contributed by atoms with Crippen LogP contribution in [0.3, 0.4) is 0 Å². The van der Waals surface area contributed by atoms with Crippen LogP contribution in [-0.2, 0) is 47.7 Å². The van der Waals surface area contributed by atoms with Gasteiger partial charge in [0.25, 0.3) is 6.47 Å². The molecular weight excluding hydrogens is 702 g/mol. The van der Waals surface area contributed by atoms with E-state index in [-0.39, 0.29) is 24.0 Å².